The molecule has 1 aliphatic carbocycles. The van der Waals surface area contributed by atoms with E-state index < -0.39 is 15.1 Å². The Morgan fingerprint density at radius 2 is 1.89 bits per heavy atom. The normalized spacial score (nSPS) is 19.1. The summed E-state index contributed by atoms with van der Waals surface area (Å²) in [5.74, 6) is -0.651. The predicted octanol–water partition coefficient (Wildman–Crippen LogP) is 3.88. The van der Waals surface area contributed by atoms with Crippen LogP contribution >= 0.6 is 11.6 Å². The van der Waals surface area contributed by atoms with Crippen molar-refractivity contribution in [3.63, 3.8) is 0 Å². The van der Waals surface area contributed by atoms with E-state index in [1.807, 2.05) is 0 Å². The van der Waals surface area contributed by atoms with Gasteiger partial charge < -0.3 is 5.32 Å². The van der Waals surface area contributed by atoms with Crippen molar-refractivity contribution in [1.82, 2.24) is 5.32 Å². The van der Waals surface area contributed by atoms with E-state index in [0.717, 1.165) is 5.56 Å². The highest BCUT2D eigenvalue weighted by Gasteiger charge is 2.42. The fourth-order valence-corrected chi connectivity index (χ4v) is 4.41. The summed E-state index contributed by atoms with van der Waals surface area (Å²) in [7, 11) is -3.33. The first-order chi connectivity index (χ1) is 12.7. The molecule has 27 heavy (non-hydrogen) atoms. The number of carbonyl (C=O) groups is 1. The number of hydrogen-bond acceptors (Lipinski definition) is 3. The van der Waals surface area contributed by atoms with E-state index >= 15 is 0 Å². The molecule has 1 saturated carbocycles. The van der Waals surface area contributed by atoms with Gasteiger partial charge >= 0.3 is 0 Å². The maximum Gasteiger partial charge on any atom is 0.224 e. The number of sulfone groups is 1. The zero-order valence-corrected chi connectivity index (χ0v) is 16.6. The molecule has 4 nitrogen and oxygen atoms in total. The van der Waals surface area contributed by atoms with Crippen molar-refractivity contribution in [3.05, 3.63) is 64.4 Å². The predicted molar refractivity (Wildman–Crippen MR) is 103 cm³/mol. The Morgan fingerprint density at radius 3 is 2.48 bits per heavy atom. The van der Waals surface area contributed by atoms with Crippen LogP contribution in [-0.4, -0.2) is 25.6 Å². The molecule has 0 unspecified atom stereocenters. The first kappa shape index (κ1) is 19.8. The van der Waals surface area contributed by atoms with Crippen LogP contribution in [0.25, 0.3) is 0 Å². The maximum atomic E-state index is 13.9. The zero-order valence-electron chi connectivity index (χ0n) is 15.1. The Bertz CT molecular complexity index is 937. The second kappa shape index (κ2) is 7.60. The summed E-state index contributed by atoms with van der Waals surface area (Å²) in [6.07, 6.45) is 0.786. The van der Waals surface area contributed by atoms with E-state index in [9.17, 15) is 17.6 Å². The van der Waals surface area contributed by atoms with Gasteiger partial charge in [-0.2, -0.15) is 0 Å². The highest BCUT2D eigenvalue weighted by Crippen LogP contribution is 2.44. The average molecular weight is 410 g/mol. The lowest BCUT2D eigenvalue weighted by Crippen LogP contribution is -2.28. The molecule has 1 fully saturated rings. The Hall–Kier alpha value is -1.92. The highest BCUT2D eigenvalue weighted by molar-refractivity contribution is 7.92. The van der Waals surface area contributed by atoms with Crippen molar-refractivity contribution in [2.75, 3.05) is 0 Å². The van der Waals surface area contributed by atoms with Crippen LogP contribution in [-0.2, 0) is 21.1 Å². The molecule has 3 rings (SSSR count). The topological polar surface area (TPSA) is 63.2 Å². The van der Waals surface area contributed by atoms with Crippen LogP contribution in [0.15, 0.2) is 47.4 Å². The number of halogens is 2. The van der Waals surface area contributed by atoms with Crippen LogP contribution in [0, 0.1) is 5.82 Å². The molecule has 7 heteroatoms. The van der Waals surface area contributed by atoms with Crippen molar-refractivity contribution in [3.8, 4) is 0 Å². The number of nitrogens with one attached hydrogen (secondary N) is 1. The third kappa shape index (κ3) is 4.33. The first-order valence-electron chi connectivity index (χ1n) is 8.76. The molecule has 0 saturated heterocycles. The van der Waals surface area contributed by atoms with E-state index in [0.29, 0.717) is 17.0 Å². The van der Waals surface area contributed by atoms with Crippen molar-refractivity contribution in [2.24, 2.45) is 0 Å². The lowest BCUT2D eigenvalue weighted by atomic mass is 10.1. The van der Waals surface area contributed by atoms with Gasteiger partial charge in [-0.3, -0.25) is 4.79 Å². The van der Waals surface area contributed by atoms with Crippen molar-refractivity contribution < 1.29 is 17.6 Å². The fraction of sp³-hybridized carbons (Fsp3) is 0.350. The molecule has 0 spiro atoms. The standard InChI is InChI=1S/C20H21ClFNO3S/c1-12(2)27(25,26)14-8-6-13(7-9-14)10-19(24)23-18-11-15(18)20-16(21)4-3-5-17(20)22/h3-9,12,15,18H,10-11H2,1-2H3,(H,23,24)/t15-,18-/m1/s1. The van der Waals surface area contributed by atoms with E-state index in [4.69, 9.17) is 11.6 Å². The summed E-state index contributed by atoms with van der Waals surface area (Å²) in [5, 5.41) is 2.76. The molecule has 0 heterocycles. The molecule has 0 aliphatic heterocycles. The molecule has 0 aromatic heterocycles. The van der Waals surface area contributed by atoms with Crippen molar-refractivity contribution >= 4 is 27.3 Å². The van der Waals surface area contributed by atoms with Crippen LogP contribution in [0.5, 0.6) is 0 Å². The van der Waals surface area contributed by atoms with E-state index in [2.05, 4.69) is 5.32 Å². The monoisotopic (exact) mass is 409 g/mol. The van der Waals surface area contributed by atoms with Crippen molar-refractivity contribution in [1.29, 1.82) is 0 Å². The Balaban J connectivity index is 1.60. The summed E-state index contributed by atoms with van der Waals surface area (Å²) in [4.78, 5) is 12.5. The Morgan fingerprint density at radius 1 is 1.22 bits per heavy atom. The molecule has 2 aromatic rings. The lowest BCUT2D eigenvalue weighted by Gasteiger charge is -2.09. The van der Waals surface area contributed by atoms with Gasteiger partial charge in [0, 0.05) is 22.5 Å². The van der Waals surface area contributed by atoms with Gasteiger partial charge in [0.05, 0.1) is 16.6 Å². The minimum absolute atomic E-state index is 0.110. The summed E-state index contributed by atoms with van der Waals surface area (Å²) in [5.41, 5.74) is 1.17. The van der Waals surface area contributed by atoms with Crippen LogP contribution in [0.2, 0.25) is 5.02 Å². The summed E-state index contributed by atoms with van der Waals surface area (Å²) in [6, 6.07) is 10.8. The molecular formula is C20H21ClFNO3S. The second-order valence-electron chi connectivity index (χ2n) is 7.07. The fourth-order valence-electron chi connectivity index (χ4n) is 3.05. The van der Waals surface area contributed by atoms with E-state index in [-0.39, 0.29) is 35.0 Å². The third-order valence-electron chi connectivity index (χ3n) is 4.74. The van der Waals surface area contributed by atoms with E-state index in [1.54, 1.807) is 38.1 Å². The minimum Gasteiger partial charge on any atom is -0.352 e. The molecule has 1 N–H and O–H groups in total. The summed E-state index contributed by atoms with van der Waals surface area (Å²) >= 11 is 6.07. The van der Waals surface area contributed by atoms with Gasteiger partial charge in [0.2, 0.25) is 5.91 Å². The van der Waals surface area contributed by atoms with Gasteiger partial charge in [-0.1, -0.05) is 29.8 Å². The largest absolute Gasteiger partial charge is 0.352 e. The second-order valence-corrected chi connectivity index (χ2v) is 9.98. The number of rotatable bonds is 6. The molecule has 1 aliphatic rings. The van der Waals surface area contributed by atoms with Gasteiger partial charge in [-0.15, -0.1) is 0 Å². The molecule has 2 atom stereocenters. The molecule has 1 amide bonds. The number of carbonyl (C=O) groups excluding carboxylic acids is 1. The van der Waals surface area contributed by atoms with Gasteiger partial charge in [0.15, 0.2) is 9.84 Å². The summed E-state index contributed by atoms with van der Waals surface area (Å²) < 4.78 is 38.2. The maximum absolute atomic E-state index is 13.9. The Kier molecular flexibility index (Phi) is 5.58. The van der Waals surface area contributed by atoms with Gasteiger partial charge in [0.25, 0.3) is 0 Å². The molecule has 144 valence electrons. The average Bonchev–Trinajstić information content (AvgIpc) is 3.33. The lowest BCUT2D eigenvalue weighted by molar-refractivity contribution is -0.120. The first-order valence-corrected chi connectivity index (χ1v) is 10.7. The smallest absolute Gasteiger partial charge is 0.224 e. The van der Waals surface area contributed by atoms with E-state index in [1.165, 1.54) is 18.2 Å². The van der Waals surface area contributed by atoms with Gasteiger partial charge in [0.1, 0.15) is 5.82 Å². The highest BCUT2D eigenvalue weighted by atomic mass is 35.5. The number of benzene rings is 2. The van der Waals surface area contributed by atoms with Crippen LogP contribution in [0.1, 0.15) is 37.3 Å². The number of amides is 1. The Labute approximate surface area is 163 Å². The van der Waals surface area contributed by atoms with Crippen molar-refractivity contribution in [2.45, 2.75) is 48.8 Å². The summed E-state index contributed by atoms with van der Waals surface area (Å²) in [6.45, 7) is 3.26. The van der Waals surface area contributed by atoms with Crippen LogP contribution in [0.3, 0.4) is 0 Å². The van der Waals surface area contributed by atoms with Gasteiger partial charge in [-0.05, 0) is 50.1 Å². The number of hydrogen-bond donors (Lipinski definition) is 1. The molecular weight excluding hydrogens is 389 g/mol. The third-order valence-corrected chi connectivity index (χ3v) is 7.24. The zero-order chi connectivity index (χ0) is 19.8. The van der Waals surface area contributed by atoms with Gasteiger partial charge in [-0.25, -0.2) is 12.8 Å². The minimum atomic E-state index is -3.33. The van der Waals surface area contributed by atoms with Crippen LogP contribution in [0.4, 0.5) is 4.39 Å². The SMILES string of the molecule is CC(C)S(=O)(=O)c1ccc(CC(=O)N[C@@H]2C[C@H]2c2c(F)cccc2Cl)cc1. The molecule has 0 bridgehead atoms. The molecule has 0 radical (unpaired) electrons. The quantitative estimate of drug-likeness (QED) is 0.787. The van der Waals surface area contributed by atoms with Crippen LogP contribution < -0.4 is 5.32 Å². The molecule has 2 aromatic carbocycles.